The molecule has 0 aliphatic carbocycles. The first-order chi connectivity index (χ1) is 12.7. The van der Waals surface area contributed by atoms with Crippen LogP contribution >= 0.6 is 0 Å². The van der Waals surface area contributed by atoms with Gasteiger partial charge in [-0.3, -0.25) is 4.68 Å². The van der Waals surface area contributed by atoms with Crippen molar-refractivity contribution in [2.45, 2.75) is 26.4 Å². The Morgan fingerprint density at radius 3 is 2.77 bits per heavy atom. The quantitative estimate of drug-likeness (QED) is 0.585. The molecule has 0 radical (unpaired) electrons. The second-order valence-electron chi connectivity index (χ2n) is 6.57. The largest absolute Gasteiger partial charge is 0.363 e. The molecule has 0 saturated carbocycles. The molecule has 2 aromatic heterocycles. The van der Waals surface area contributed by atoms with E-state index >= 15 is 0 Å². The van der Waals surface area contributed by atoms with Crippen LogP contribution in [0.5, 0.6) is 0 Å². The number of benzene rings is 2. The summed E-state index contributed by atoms with van der Waals surface area (Å²) in [6.07, 6.45) is 5.60. The van der Waals surface area contributed by atoms with E-state index in [1.807, 2.05) is 35.1 Å². The Balaban J connectivity index is 1.54. The van der Waals surface area contributed by atoms with Crippen LogP contribution in [0.25, 0.3) is 10.9 Å². The number of aryl methyl sites for hydroxylation is 1. The SMILES string of the molecule is Cc1ccc2ncnc(NC(C)c3cnn(Cc4ccccc4)c3)c2c1. The van der Waals surface area contributed by atoms with Crippen molar-refractivity contribution in [2.24, 2.45) is 0 Å². The molecule has 0 aliphatic heterocycles. The van der Waals surface area contributed by atoms with Crippen LogP contribution in [-0.4, -0.2) is 19.7 Å². The second-order valence-corrected chi connectivity index (χ2v) is 6.57. The zero-order valence-electron chi connectivity index (χ0n) is 14.9. The maximum absolute atomic E-state index is 4.49. The first kappa shape index (κ1) is 16.3. The lowest BCUT2D eigenvalue weighted by Gasteiger charge is -2.14. The maximum Gasteiger partial charge on any atom is 0.137 e. The van der Waals surface area contributed by atoms with E-state index < -0.39 is 0 Å². The topological polar surface area (TPSA) is 55.6 Å². The van der Waals surface area contributed by atoms with E-state index in [4.69, 9.17) is 0 Å². The predicted molar refractivity (Wildman–Crippen MR) is 104 cm³/mol. The summed E-state index contributed by atoms with van der Waals surface area (Å²) in [5, 5.41) is 9.03. The Morgan fingerprint density at radius 2 is 1.92 bits per heavy atom. The number of nitrogens with one attached hydrogen (secondary N) is 1. The molecule has 5 nitrogen and oxygen atoms in total. The van der Waals surface area contributed by atoms with Crippen molar-refractivity contribution in [1.29, 1.82) is 0 Å². The first-order valence-electron chi connectivity index (χ1n) is 8.73. The minimum Gasteiger partial charge on any atom is -0.363 e. The fourth-order valence-electron chi connectivity index (χ4n) is 3.03. The van der Waals surface area contributed by atoms with E-state index in [-0.39, 0.29) is 6.04 Å². The number of nitrogens with zero attached hydrogens (tertiary/aromatic N) is 4. The molecule has 130 valence electrons. The molecule has 0 fully saturated rings. The van der Waals surface area contributed by atoms with Crippen molar-refractivity contribution >= 4 is 16.7 Å². The van der Waals surface area contributed by atoms with E-state index in [2.05, 4.69) is 64.7 Å². The highest BCUT2D eigenvalue weighted by Gasteiger charge is 2.11. The zero-order valence-corrected chi connectivity index (χ0v) is 14.9. The Kier molecular flexibility index (Phi) is 4.35. The van der Waals surface area contributed by atoms with Gasteiger partial charge in [-0.15, -0.1) is 0 Å². The van der Waals surface area contributed by atoms with Gasteiger partial charge in [-0.2, -0.15) is 5.10 Å². The maximum atomic E-state index is 4.49. The molecule has 1 atom stereocenters. The molecule has 2 aromatic carbocycles. The second kappa shape index (κ2) is 6.96. The molecule has 2 heterocycles. The van der Waals surface area contributed by atoms with E-state index in [0.29, 0.717) is 0 Å². The number of fused-ring (bicyclic) bond motifs is 1. The summed E-state index contributed by atoms with van der Waals surface area (Å²) in [6, 6.07) is 16.6. The normalized spacial score (nSPS) is 12.2. The molecule has 0 amide bonds. The summed E-state index contributed by atoms with van der Waals surface area (Å²) < 4.78 is 1.96. The fraction of sp³-hybridized carbons (Fsp3) is 0.190. The van der Waals surface area contributed by atoms with Crippen molar-refractivity contribution in [1.82, 2.24) is 19.7 Å². The van der Waals surface area contributed by atoms with E-state index in [0.717, 1.165) is 28.8 Å². The molecule has 0 spiro atoms. The van der Waals surface area contributed by atoms with Crippen LogP contribution in [0.15, 0.2) is 67.3 Å². The average molecular weight is 343 g/mol. The fourth-order valence-corrected chi connectivity index (χ4v) is 3.03. The van der Waals surface area contributed by atoms with E-state index in [9.17, 15) is 0 Å². The molecular weight excluding hydrogens is 322 g/mol. The summed E-state index contributed by atoms with van der Waals surface area (Å²) in [5.41, 5.74) is 4.50. The first-order valence-corrected chi connectivity index (χ1v) is 8.73. The van der Waals surface area contributed by atoms with Gasteiger partial charge in [0, 0.05) is 17.1 Å². The summed E-state index contributed by atoms with van der Waals surface area (Å²) in [6.45, 7) is 4.96. The number of hydrogen-bond acceptors (Lipinski definition) is 4. The molecule has 1 N–H and O–H groups in total. The summed E-state index contributed by atoms with van der Waals surface area (Å²) >= 11 is 0. The molecular formula is C21H21N5. The molecule has 0 aliphatic rings. The Hall–Kier alpha value is -3.21. The zero-order chi connectivity index (χ0) is 17.9. The third kappa shape index (κ3) is 3.42. The third-order valence-electron chi connectivity index (χ3n) is 4.48. The number of anilines is 1. The molecule has 0 bridgehead atoms. The van der Waals surface area contributed by atoms with Crippen LogP contribution in [-0.2, 0) is 6.54 Å². The minimum absolute atomic E-state index is 0.0955. The molecule has 26 heavy (non-hydrogen) atoms. The Labute approximate surface area is 152 Å². The van der Waals surface area contributed by atoms with Crippen LogP contribution in [0.3, 0.4) is 0 Å². The van der Waals surface area contributed by atoms with Gasteiger partial charge in [-0.05, 0) is 31.5 Å². The third-order valence-corrected chi connectivity index (χ3v) is 4.48. The van der Waals surface area contributed by atoms with Gasteiger partial charge in [0.15, 0.2) is 0 Å². The smallest absolute Gasteiger partial charge is 0.137 e. The monoisotopic (exact) mass is 343 g/mol. The highest BCUT2D eigenvalue weighted by Crippen LogP contribution is 2.24. The highest BCUT2D eigenvalue weighted by molar-refractivity contribution is 5.89. The van der Waals surface area contributed by atoms with Gasteiger partial charge < -0.3 is 5.32 Å². The number of rotatable bonds is 5. The Bertz CT molecular complexity index is 1020. The van der Waals surface area contributed by atoms with Gasteiger partial charge in [0.1, 0.15) is 12.1 Å². The van der Waals surface area contributed by atoms with Crippen molar-refractivity contribution in [3.05, 3.63) is 83.9 Å². The predicted octanol–water partition coefficient (Wildman–Crippen LogP) is 4.36. The van der Waals surface area contributed by atoms with Crippen LogP contribution in [0.2, 0.25) is 0 Å². The van der Waals surface area contributed by atoms with Crippen LogP contribution in [0.1, 0.15) is 29.7 Å². The number of hydrogen-bond donors (Lipinski definition) is 1. The van der Waals surface area contributed by atoms with Crippen LogP contribution in [0.4, 0.5) is 5.82 Å². The van der Waals surface area contributed by atoms with Gasteiger partial charge in [0.05, 0.1) is 24.3 Å². The molecule has 4 rings (SSSR count). The number of aromatic nitrogens is 4. The van der Waals surface area contributed by atoms with Gasteiger partial charge in [-0.1, -0.05) is 42.0 Å². The van der Waals surface area contributed by atoms with Crippen molar-refractivity contribution in [2.75, 3.05) is 5.32 Å². The van der Waals surface area contributed by atoms with Gasteiger partial charge in [0.2, 0.25) is 0 Å². The van der Waals surface area contributed by atoms with Gasteiger partial charge in [-0.25, -0.2) is 9.97 Å². The van der Waals surface area contributed by atoms with Crippen LogP contribution in [0, 0.1) is 6.92 Å². The average Bonchev–Trinajstić information content (AvgIpc) is 3.12. The standard InChI is InChI=1S/C21H21N5/c1-15-8-9-20-19(10-15)21(23-14-22-20)25-16(2)18-11-24-26(13-18)12-17-6-4-3-5-7-17/h3-11,13-14,16H,12H2,1-2H3,(H,22,23,25). The van der Waals surface area contributed by atoms with Gasteiger partial charge >= 0.3 is 0 Å². The molecule has 1 unspecified atom stereocenters. The highest BCUT2D eigenvalue weighted by atomic mass is 15.3. The molecule has 0 saturated heterocycles. The summed E-state index contributed by atoms with van der Waals surface area (Å²) in [4.78, 5) is 8.78. The summed E-state index contributed by atoms with van der Waals surface area (Å²) in [5.74, 6) is 0.849. The van der Waals surface area contributed by atoms with Crippen LogP contribution < -0.4 is 5.32 Å². The summed E-state index contributed by atoms with van der Waals surface area (Å²) in [7, 11) is 0. The molecule has 4 aromatic rings. The lowest BCUT2D eigenvalue weighted by Crippen LogP contribution is -2.08. The van der Waals surface area contributed by atoms with Crippen molar-refractivity contribution in [3.63, 3.8) is 0 Å². The van der Waals surface area contributed by atoms with Crippen molar-refractivity contribution in [3.8, 4) is 0 Å². The molecule has 5 heteroatoms. The van der Waals surface area contributed by atoms with E-state index in [1.54, 1.807) is 6.33 Å². The van der Waals surface area contributed by atoms with Crippen molar-refractivity contribution < 1.29 is 0 Å². The Morgan fingerprint density at radius 1 is 1.08 bits per heavy atom. The lowest BCUT2D eigenvalue weighted by molar-refractivity contribution is 0.685. The minimum atomic E-state index is 0.0955. The van der Waals surface area contributed by atoms with E-state index in [1.165, 1.54) is 11.1 Å². The van der Waals surface area contributed by atoms with Gasteiger partial charge in [0.25, 0.3) is 0 Å². The lowest BCUT2D eigenvalue weighted by atomic mass is 10.1.